The van der Waals surface area contributed by atoms with Gasteiger partial charge in [0.25, 0.3) is 0 Å². The number of hydrogen-bond donors (Lipinski definition) is 2. The molecular formula is C15H20F3N3O3S. The third-order valence-corrected chi connectivity index (χ3v) is 5.02. The highest BCUT2D eigenvalue weighted by atomic mass is 32.2. The van der Waals surface area contributed by atoms with Gasteiger partial charge in [0.05, 0.1) is 10.8 Å². The van der Waals surface area contributed by atoms with Crippen molar-refractivity contribution in [2.75, 3.05) is 25.0 Å². The van der Waals surface area contributed by atoms with Crippen molar-refractivity contribution in [3.8, 4) is 0 Å². The fourth-order valence-electron chi connectivity index (χ4n) is 2.74. The van der Waals surface area contributed by atoms with E-state index in [-0.39, 0.29) is 36.7 Å². The molecule has 0 radical (unpaired) electrons. The number of benzene rings is 1. The summed E-state index contributed by atoms with van der Waals surface area (Å²) in [6.45, 7) is 0.705. The molecule has 1 aromatic rings. The second-order valence-corrected chi connectivity index (χ2v) is 7.61. The molecule has 1 aliphatic heterocycles. The fraction of sp³-hybridized carbons (Fsp3) is 0.533. The van der Waals surface area contributed by atoms with Crippen LogP contribution in [0.5, 0.6) is 0 Å². The molecule has 3 N–H and O–H groups in total. The van der Waals surface area contributed by atoms with E-state index in [1.165, 1.54) is 24.3 Å². The van der Waals surface area contributed by atoms with Gasteiger partial charge in [0.1, 0.15) is 0 Å². The standard InChI is InChI=1S/C15H20F3N3O3S/c16-15(17,18)11-2-1-8-21(10-11)9-7-14(22)20-12-3-5-13(6-4-12)25(19,23)24/h3-6,11H,1-2,7-10H2,(H,20,22)(H2,19,23,24). The normalized spacial score (nSPS) is 19.6. The second kappa shape index (κ2) is 7.71. The lowest BCUT2D eigenvalue weighted by Crippen LogP contribution is -2.42. The van der Waals surface area contributed by atoms with Crippen LogP contribution in [0.2, 0.25) is 0 Å². The number of alkyl halides is 3. The van der Waals surface area contributed by atoms with Gasteiger partial charge in [0.15, 0.2) is 0 Å². The predicted molar refractivity (Wildman–Crippen MR) is 86.3 cm³/mol. The number of primary sulfonamides is 1. The van der Waals surface area contributed by atoms with Crippen molar-refractivity contribution in [3.05, 3.63) is 24.3 Å². The van der Waals surface area contributed by atoms with Crippen LogP contribution in [0.15, 0.2) is 29.2 Å². The molecule has 1 aliphatic rings. The Morgan fingerprint density at radius 2 is 1.92 bits per heavy atom. The molecule has 0 spiro atoms. The first-order valence-electron chi connectivity index (χ1n) is 7.77. The first kappa shape index (κ1) is 19.7. The van der Waals surface area contributed by atoms with Crippen molar-refractivity contribution < 1.29 is 26.4 Å². The molecule has 2 rings (SSSR count). The summed E-state index contributed by atoms with van der Waals surface area (Å²) in [5.74, 6) is -1.69. The van der Waals surface area contributed by atoms with Gasteiger partial charge in [-0.05, 0) is 43.7 Å². The number of hydrogen-bond acceptors (Lipinski definition) is 4. The summed E-state index contributed by atoms with van der Waals surface area (Å²) in [4.78, 5) is 13.5. The zero-order valence-electron chi connectivity index (χ0n) is 13.4. The Balaban J connectivity index is 1.82. The van der Waals surface area contributed by atoms with Crippen molar-refractivity contribution >= 4 is 21.6 Å². The predicted octanol–water partition coefficient (Wildman–Crippen LogP) is 1.94. The van der Waals surface area contributed by atoms with Crippen molar-refractivity contribution in [1.29, 1.82) is 0 Å². The lowest BCUT2D eigenvalue weighted by atomic mass is 9.97. The van der Waals surface area contributed by atoms with Crippen LogP contribution >= 0.6 is 0 Å². The molecule has 0 aliphatic carbocycles. The van der Waals surface area contributed by atoms with Gasteiger partial charge < -0.3 is 10.2 Å². The molecule has 1 saturated heterocycles. The van der Waals surface area contributed by atoms with E-state index in [2.05, 4.69) is 5.32 Å². The summed E-state index contributed by atoms with van der Waals surface area (Å²) in [7, 11) is -3.80. The first-order chi connectivity index (χ1) is 11.6. The van der Waals surface area contributed by atoms with E-state index >= 15 is 0 Å². The molecule has 0 aromatic heterocycles. The average molecular weight is 379 g/mol. The smallest absolute Gasteiger partial charge is 0.326 e. The molecule has 1 fully saturated rings. The van der Waals surface area contributed by atoms with Crippen LogP contribution in [0.4, 0.5) is 18.9 Å². The lowest BCUT2D eigenvalue weighted by Gasteiger charge is -2.33. The third kappa shape index (κ3) is 5.98. The highest BCUT2D eigenvalue weighted by Gasteiger charge is 2.41. The summed E-state index contributed by atoms with van der Waals surface area (Å²) >= 11 is 0. The molecule has 0 bridgehead atoms. The molecule has 1 amide bonds. The second-order valence-electron chi connectivity index (χ2n) is 6.05. The number of nitrogens with two attached hydrogens (primary N) is 1. The minimum Gasteiger partial charge on any atom is -0.326 e. The van der Waals surface area contributed by atoms with Crippen molar-refractivity contribution in [2.45, 2.75) is 30.3 Å². The van der Waals surface area contributed by atoms with Crippen molar-refractivity contribution in [1.82, 2.24) is 4.90 Å². The molecule has 10 heteroatoms. The molecule has 25 heavy (non-hydrogen) atoms. The first-order valence-corrected chi connectivity index (χ1v) is 9.32. The number of rotatable bonds is 5. The van der Waals surface area contributed by atoms with Gasteiger partial charge in [-0.15, -0.1) is 0 Å². The Morgan fingerprint density at radius 1 is 1.28 bits per heavy atom. The van der Waals surface area contributed by atoms with Gasteiger partial charge in [0.2, 0.25) is 15.9 Å². The van der Waals surface area contributed by atoms with Crippen molar-refractivity contribution in [2.24, 2.45) is 11.1 Å². The number of anilines is 1. The largest absolute Gasteiger partial charge is 0.393 e. The maximum atomic E-state index is 12.8. The number of amides is 1. The Labute approximate surface area is 144 Å². The van der Waals surface area contributed by atoms with Crippen molar-refractivity contribution in [3.63, 3.8) is 0 Å². The summed E-state index contributed by atoms with van der Waals surface area (Å²) in [6.07, 6.45) is -3.56. The zero-order valence-corrected chi connectivity index (χ0v) is 14.2. The fourth-order valence-corrected chi connectivity index (χ4v) is 3.25. The Kier molecular flexibility index (Phi) is 6.07. The average Bonchev–Trinajstić information content (AvgIpc) is 2.52. The molecule has 6 nitrogen and oxygen atoms in total. The molecule has 0 saturated carbocycles. The van der Waals surface area contributed by atoms with E-state index in [1.54, 1.807) is 4.90 Å². The highest BCUT2D eigenvalue weighted by Crippen LogP contribution is 2.33. The number of carbonyl (C=O) groups excluding carboxylic acids is 1. The Hall–Kier alpha value is -1.65. The monoisotopic (exact) mass is 379 g/mol. The molecule has 140 valence electrons. The quantitative estimate of drug-likeness (QED) is 0.818. The van der Waals surface area contributed by atoms with Gasteiger partial charge in [-0.25, -0.2) is 13.6 Å². The van der Waals surface area contributed by atoms with E-state index in [0.29, 0.717) is 18.7 Å². The van der Waals surface area contributed by atoms with E-state index in [4.69, 9.17) is 5.14 Å². The van der Waals surface area contributed by atoms with E-state index in [9.17, 15) is 26.4 Å². The number of nitrogens with zero attached hydrogens (tertiary/aromatic N) is 1. The molecular weight excluding hydrogens is 359 g/mol. The van der Waals surface area contributed by atoms with Crippen LogP contribution in [0.25, 0.3) is 0 Å². The van der Waals surface area contributed by atoms with Gasteiger partial charge in [-0.1, -0.05) is 0 Å². The van der Waals surface area contributed by atoms with Gasteiger partial charge >= 0.3 is 6.18 Å². The topological polar surface area (TPSA) is 92.5 Å². The molecule has 1 heterocycles. The molecule has 1 aromatic carbocycles. The maximum Gasteiger partial charge on any atom is 0.393 e. The zero-order chi connectivity index (χ0) is 18.7. The summed E-state index contributed by atoms with van der Waals surface area (Å²) in [6, 6.07) is 5.34. The Bertz CT molecular complexity index is 705. The van der Waals surface area contributed by atoms with Crippen LogP contribution in [-0.2, 0) is 14.8 Å². The molecule has 1 unspecified atom stereocenters. The van der Waals surface area contributed by atoms with E-state index < -0.39 is 22.1 Å². The number of nitrogens with one attached hydrogen (secondary N) is 1. The van der Waals surface area contributed by atoms with Crippen LogP contribution in [0.1, 0.15) is 19.3 Å². The van der Waals surface area contributed by atoms with Crippen LogP contribution in [0.3, 0.4) is 0 Å². The molecule has 1 atom stereocenters. The van der Waals surface area contributed by atoms with Crippen LogP contribution in [0, 0.1) is 5.92 Å². The van der Waals surface area contributed by atoms with Gasteiger partial charge in [-0.2, -0.15) is 13.2 Å². The number of halogens is 3. The van der Waals surface area contributed by atoms with Crippen LogP contribution < -0.4 is 10.5 Å². The minimum absolute atomic E-state index is 0.0571. The SMILES string of the molecule is NS(=O)(=O)c1ccc(NC(=O)CCN2CCCC(C(F)(F)F)C2)cc1. The summed E-state index contributed by atoms with van der Waals surface area (Å²) in [5.41, 5.74) is 0.393. The van der Waals surface area contributed by atoms with E-state index in [1.807, 2.05) is 0 Å². The number of likely N-dealkylation sites (tertiary alicyclic amines) is 1. The maximum absolute atomic E-state index is 12.8. The number of carbonyl (C=O) groups is 1. The highest BCUT2D eigenvalue weighted by molar-refractivity contribution is 7.89. The van der Waals surface area contributed by atoms with E-state index in [0.717, 1.165) is 0 Å². The van der Waals surface area contributed by atoms with Gasteiger partial charge in [0, 0.05) is 25.2 Å². The summed E-state index contributed by atoms with van der Waals surface area (Å²) < 4.78 is 60.6. The summed E-state index contributed by atoms with van der Waals surface area (Å²) in [5, 5.41) is 7.56. The Morgan fingerprint density at radius 3 is 2.48 bits per heavy atom. The third-order valence-electron chi connectivity index (χ3n) is 4.09. The lowest BCUT2D eigenvalue weighted by molar-refractivity contribution is -0.186. The minimum atomic E-state index is -4.20. The number of piperidine rings is 1. The van der Waals surface area contributed by atoms with Crippen LogP contribution in [-0.4, -0.2) is 45.0 Å². The van der Waals surface area contributed by atoms with Gasteiger partial charge in [-0.3, -0.25) is 4.79 Å². The number of sulfonamides is 1.